The van der Waals surface area contributed by atoms with E-state index in [0.29, 0.717) is 26.3 Å². The Kier molecular flexibility index (Phi) is 11.5. The fourth-order valence-corrected chi connectivity index (χ4v) is 3.11. The van der Waals surface area contributed by atoms with Gasteiger partial charge in [0.15, 0.2) is 0 Å². The van der Waals surface area contributed by atoms with Crippen LogP contribution >= 0.6 is 0 Å². The lowest BCUT2D eigenvalue weighted by atomic mass is 9.88. The lowest BCUT2D eigenvalue weighted by molar-refractivity contribution is -0.144. The van der Waals surface area contributed by atoms with Crippen LogP contribution in [0.2, 0.25) is 0 Å². The SMILES string of the molecule is CCCCOCCCN(CCC(=O)OCC)C(=O)C1CCCCC1. The van der Waals surface area contributed by atoms with Gasteiger partial charge >= 0.3 is 5.97 Å². The van der Waals surface area contributed by atoms with Crippen LogP contribution < -0.4 is 0 Å². The molecule has 24 heavy (non-hydrogen) atoms. The molecule has 5 heteroatoms. The first-order valence-corrected chi connectivity index (χ1v) is 9.71. The molecule has 1 aliphatic rings. The van der Waals surface area contributed by atoms with Crippen molar-refractivity contribution in [1.82, 2.24) is 4.90 Å². The van der Waals surface area contributed by atoms with E-state index in [1.165, 1.54) is 6.42 Å². The third-order valence-corrected chi connectivity index (χ3v) is 4.52. The van der Waals surface area contributed by atoms with E-state index >= 15 is 0 Å². The van der Waals surface area contributed by atoms with Crippen LogP contribution in [0.4, 0.5) is 0 Å². The van der Waals surface area contributed by atoms with E-state index in [4.69, 9.17) is 9.47 Å². The maximum Gasteiger partial charge on any atom is 0.307 e. The van der Waals surface area contributed by atoms with Crippen LogP contribution in [-0.4, -0.2) is 49.7 Å². The zero-order valence-electron chi connectivity index (χ0n) is 15.6. The average Bonchev–Trinajstić information content (AvgIpc) is 2.61. The van der Waals surface area contributed by atoms with Gasteiger partial charge in [-0.3, -0.25) is 9.59 Å². The molecule has 1 fully saturated rings. The summed E-state index contributed by atoms with van der Waals surface area (Å²) in [5, 5.41) is 0. The summed E-state index contributed by atoms with van der Waals surface area (Å²) in [7, 11) is 0. The van der Waals surface area contributed by atoms with Crippen molar-refractivity contribution in [1.29, 1.82) is 0 Å². The van der Waals surface area contributed by atoms with E-state index in [2.05, 4.69) is 6.92 Å². The van der Waals surface area contributed by atoms with Gasteiger partial charge in [-0.25, -0.2) is 0 Å². The maximum atomic E-state index is 12.8. The molecule has 0 spiro atoms. The summed E-state index contributed by atoms with van der Waals surface area (Å²) in [6.45, 7) is 6.92. The Labute approximate surface area is 147 Å². The number of carbonyl (C=O) groups excluding carboxylic acids is 2. The maximum absolute atomic E-state index is 12.8. The van der Waals surface area contributed by atoms with Gasteiger partial charge in [0.2, 0.25) is 5.91 Å². The van der Waals surface area contributed by atoms with Crippen LogP contribution in [0.15, 0.2) is 0 Å². The molecule has 0 radical (unpaired) electrons. The van der Waals surface area contributed by atoms with Gasteiger partial charge in [0.05, 0.1) is 13.0 Å². The summed E-state index contributed by atoms with van der Waals surface area (Å²) >= 11 is 0. The standard InChI is InChI=1S/C19H35NO4/c1-3-5-15-23-16-9-13-20(14-12-18(21)24-4-2)19(22)17-10-7-6-8-11-17/h17H,3-16H2,1-2H3. The molecule has 0 aromatic carbocycles. The van der Waals surface area contributed by atoms with Crippen LogP contribution in [0.3, 0.4) is 0 Å². The molecule has 0 aliphatic heterocycles. The van der Waals surface area contributed by atoms with Gasteiger partial charge < -0.3 is 14.4 Å². The van der Waals surface area contributed by atoms with Crippen molar-refractivity contribution in [3.8, 4) is 0 Å². The number of hydrogen-bond donors (Lipinski definition) is 0. The van der Waals surface area contributed by atoms with Gasteiger partial charge in [-0.2, -0.15) is 0 Å². The fraction of sp³-hybridized carbons (Fsp3) is 0.895. The summed E-state index contributed by atoms with van der Waals surface area (Å²) in [4.78, 5) is 26.2. The van der Waals surface area contributed by atoms with E-state index in [9.17, 15) is 9.59 Å². The van der Waals surface area contributed by atoms with Crippen molar-refractivity contribution in [3.05, 3.63) is 0 Å². The number of ether oxygens (including phenoxy) is 2. The second-order valence-electron chi connectivity index (χ2n) is 6.53. The van der Waals surface area contributed by atoms with Gasteiger partial charge in [-0.1, -0.05) is 32.6 Å². The number of rotatable bonds is 12. The number of nitrogens with zero attached hydrogens (tertiary/aromatic N) is 1. The van der Waals surface area contributed by atoms with Gasteiger partial charge in [0.1, 0.15) is 0 Å². The molecule has 1 rings (SSSR count). The molecule has 0 heterocycles. The normalized spacial score (nSPS) is 15.2. The number of hydrogen-bond acceptors (Lipinski definition) is 4. The molecule has 0 aromatic heterocycles. The Morgan fingerprint density at radius 1 is 1.00 bits per heavy atom. The average molecular weight is 341 g/mol. The minimum absolute atomic E-state index is 0.141. The summed E-state index contributed by atoms with van der Waals surface area (Å²) in [5.41, 5.74) is 0. The second-order valence-corrected chi connectivity index (χ2v) is 6.53. The van der Waals surface area contributed by atoms with Crippen LogP contribution in [0, 0.1) is 5.92 Å². The van der Waals surface area contributed by atoms with E-state index < -0.39 is 0 Å². The summed E-state index contributed by atoms with van der Waals surface area (Å²) in [5.74, 6) is 0.132. The van der Waals surface area contributed by atoms with E-state index in [1.54, 1.807) is 6.92 Å². The minimum Gasteiger partial charge on any atom is -0.466 e. The monoisotopic (exact) mass is 341 g/mol. The summed E-state index contributed by atoms with van der Waals surface area (Å²) in [6, 6.07) is 0. The molecule has 1 amide bonds. The number of unbranched alkanes of at least 4 members (excludes halogenated alkanes) is 1. The Balaban J connectivity index is 2.41. The molecule has 0 N–H and O–H groups in total. The van der Waals surface area contributed by atoms with Crippen molar-refractivity contribution in [2.75, 3.05) is 32.9 Å². The molecule has 5 nitrogen and oxygen atoms in total. The Hall–Kier alpha value is -1.10. The van der Waals surface area contributed by atoms with Crippen molar-refractivity contribution >= 4 is 11.9 Å². The number of carbonyl (C=O) groups is 2. The zero-order chi connectivity index (χ0) is 17.6. The summed E-state index contributed by atoms with van der Waals surface area (Å²) < 4.78 is 10.6. The van der Waals surface area contributed by atoms with Crippen LogP contribution in [-0.2, 0) is 19.1 Å². The van der Waals surface area contributed by atoms with Gasteiger partial charge in [0.25, 0.3) is 0 Å². The topological polar surface area (TPSA) is 55.8 Å². The van der Waals surface area contributed by atoms with E-state index in [-0.39, 0.29) is 24.2 Å². The van der Waals surface area contributed by atoms with Crippen molar-refractivity contribution in [2.24, 2.45) is 5.92 Å². The largest absolute Gasteiger partial charge is 0.466 e. The highest BCUT2D eigenvalue weighted by Gasteiger charge is 2.26. The molecular formula is C19H35NO4. The molecule has 140 valence electrons. The highest BCUT2D eigenvalue weighted by Crippen LogP contribution is 2.25. The number of esters is 1. The van der Waals surface area contributed by atoms with Gasteiger partial charge in [0, 0.05) is 32.2 Å². The minimum atomic E-state index is -0.224. The van der Waals surface area contributed by atoms with E-state index in [0.717, 1.165) is 51.6 Å². The first kappa shape index (κ1) is 20.9. The highest BCUT2D eigenvalue weighted by molar-refractivity contribution is 5.79. The van der Waals surface area contributed by atoms with E-state index in [1.807, 2.05) is 4.90 Å². The third-order valence-electron chi connectivity index (χ3n) is 4.52. The third kappa shape index (κ3) is 8.67. The van der Waals surface area contributed by atoms with Crippen LogP contribution in [0.5, 0.6) is 0 Å². The molecule has 0 atom stereocenters. The zero-order valence-corrected chi connectivity index (χ0v) is 15.6. The lowest BCUT2D eigenvalue weighted by Gasteiger charge is -2.29. The van der Waals surface area contributed by atoms with Crippen molar-refractivity contribution < 1.29 is 19.1 Å². The molecule has 0 aromatic rings. The fourth-order valence-electron chi connectivity index (χ4n) is 3.11. The molecule has 1 aliphatic carbocycles. The first-order valence-electron chi connectivity index (χ1n) is 9.71. The molecular weight excluding hydrogens is 306 g/mol. The van der Waals surface area contributed by atoms with Crippen molar-refractivity contribution in [2.45, 2.75) is 71.6 Å². The van der Waals surface area contributed by atoms with Gasteiger partial charge in [-0.05, 0) is 32.6 Å². The highest BCUT2D eigenvalue weighted by atomic mass is 16.5. The Bertz CT molecular complexity index is 353. The molecule has 1 saturated carbocycles. The van der Waals surface area contributed by atoms with Crippen molar-refractivity contribution in [3.63, 3.8) is 0 Å². The Morgan fingerprint density at radius 3 is 2.38 bits per heavy atom. The quantitative estimate of drug-likeness (QED) is 0.402. The summed E-state index contributed by atoms with van der Waals surface area (Å²) in [6.07, 6.45) is 8.80. The lowest BCUT2D eigenvalue weighted by Crippen LogP contribution is -2.39. The van der Waals surface area contributed by atoms with Crippen LogP contribution in [0.25, 0.3) is 0 Å². The molecule has 0 unspecified atom stereocenters. The van der Waals surface area contributed by atoms with Gasteiger partial charge in [-0.15, -0.1) is 0 Å². The number of amides is 1. The Morgan fingerprint density at radius 2 is 1.71 bits per heavy atom. The molecule has 0 bridgehead atoms. The first-order chi connectivity index (χ1) is 11.7. The van der Waals surface area contributed by atoms with Crippen LogP contribution in [0.1, 0.15) is 71.6 Å². The smallest absolute Gasteiger partial charge is 0.307 e. The molecule has 0 saturated heterocycles. The second kappa shape index (κ2) is 13.2. The predicted octanol–water partition coefficient (Wildman–Crippen LogP) is 3.56. The predicted molar refractivity (Wildman–Crippen MR) is 94.7 cm³/mol.